The Morgan fingerprint density at radius 3 is 2.52 bits per heavy atom. The van der Waals surface area contributed by atoms with Crippen molar-refractivity contribution >= 4 is 34.7 Å². The predicted octanol–water partition coefficient (Wildman–Crippen LogP) is 3.18. The second kappa shape index (κ2) is 7.47. The number of amides is 2. The number of hydrogen-bond donors (Lipinski definition) is 4. The summed E-state index contributed by atoms with van der Waals surface area (Å²) in [5.41, 5.74) is 9.67. The number of rotatable bonds is 4. The zero-order valence-electron chi connectivity index (χ0n) is 16.0. The van der Waals surface area contributed by atoms with Gasteiger partial charge in [-0.1, -0.05) is 6.07 Å². The average Bonchev–Trinajstić information content (AvgIpc) is 3.06. The molecule has 0 aliphatic rings. The van der Waals surface area contributed by atoms with Gasteiger partial charge < -0.3 is 21.7 Å². The number of anilines is 4. The minimum Gasteiger partial charge on any atom is -0.384 e. The van der Waals surface area contributed by atoms with Crippen molar-refractivity contribution < 1.29 is 4.79 Å². The SMILES string of the molecule is CNC(=O)Nc1ccc(Nc2nc3ccccn3c2-c2cc(N)nc(C)n2)cc1. The molecule has 9 heteroatoms. The van der Waals surface area contributed by atoms with Crippen molar-refractivity contribution in [2.24, 2.45) is 0 Å². The lowest BCUT2D eigenvalue weighted by atomic mass is 10.2. The molecule has 29 heavy (non-hydrogen) atoms. The van der Waals surface area contributed by atoms with Crippen LogP contribution < -0.4 is 21.7 Å². The van der Waals surface area contributed by atoms with Gasteiger partial charge in [-0.25, -0.2) is 19.7 Å². The summed E-state index contributed by atoms with van der Waals surface area (Å²) in [6, 6.07) is 14.6. The summed E-state index contributed by atoms with van der Waals surface area (Å²) in [5, 5.41) is 8.57. The Morgan fingerprint density at radius 1 is 1.03 bits per heavy atom. The second-order valence-electron chi connectivity index (χ2n) is 6.37. The molecule has 9 nitrogen and oxygen atoms in total. The van der Waals surface area contributed by atoms with E-state index in [1.165, 1.54) is 0 Å². The lowest BCUT2D eigenvalue weighted by Crippen LogP contribution is -2.24. The number of nitrogen functional groups attached to an aromatic ring is 1. The van der Waals surface area contributed by atoms with E-state index in [1.54, 1.807) is 32.2 Å². The van der Waals surface area contributed by atoms with Gasteiger partial charge in [-0.2, -0.15) is 0 Å². The highest BCUT2D eigenvalue weighted by Gasteiger charge is 2.16. The number of urea groups is 1. The van der Waals surface area contributed by atoms with Crippen molar-refractivity contribution in [3.05, 3.63) is 60.6 Å². The lowest BCUT2D eigenvalue weighted by molar-refractivity contribution is 0.254. The van der Waals surface area contributed by atoms with Crippen LogP contribution >= 0.6 is 0 Å². The van der Waals surface area contributed by atoms with Crippen molar-refractivity contribution in [3.8, 4) is 11.4 Å². The molecule has 146 valence electrons. The maximum Gasteiger partial charge on any atom is 0.318 e. The maximum atomic E-state index is 11.4. The van der Waals surface area contributed by atoms with E-state index in [1.807, 2.05) is 40.9 Å². The van der Waals surface area contributed by atoms with Crippen LogP contribution in [0.2, 0.25) is 0 Å². The quantitative estimate of drug-likeness (QED) is 0.426. The van der Waals surface area contributed by atoms with E-state index in [0.717, 1.165) is 17.0 Å². The number of aryl methyl sites for hydroxylation is 1. The topological polar surface area (TPSA) is 122 Å². The number of carbonyl (C=O) groups is 1. The first kappa shape index (κ1) is 18.2. The Morgan fingerprint density at radius 2 is 1.79 bits per heavy atom. The molecule has 0 atom stereocenters. The van der Waals surface area contributed by atoms with E-state index in [2.05, 4.69) is 25.9 Å². The molecule has 4 rings (SSSR count). The first-order valence-corrected chi connectivity index (χ1v) is 8.98. The molecule has 0 spiro atoms. The van der Waals surface area contributed by atoms with Gasteiger partial charge in [-0.05, 0) is 43.3 Å². The molecule has 3 aromatic heterocycles. The molecule has 4 aromatic rings. The Kier molecular flexibility index (Phi) is 4.70. The Hall–Kier alpha value is -4.14. The maximum absolute atomic E-state index is 11.4. The summed E-state index contributed by atoms with van der Waals surface area (Å²) in [4.78, 5) is 24.8. The summed E-state index contributed by atoms with van der Waals surface area (Å²) < 4.78 is 1.95. The molecule has 5 N–H and O–H groups in total. The van der Waals surface area contributed by atoms with Crippen molar-refractivity contribution in [2.45, 2.75) is 6.92 Å². The summed E-state index contributed by atoms with van der Waals surface area (Å²) in [5.74, 6) is 1.62. The molecule has 3 heterocycles. The number of fused-ring (bicyclic) bond motifs is 1. The Balaban J connectivity index is 1.73. The molecule has 0 unspecified atom stereocenters. The van der Waals surface area contributed by atoms with Gasteiger partial charge in [0, 0.05) is 30.7 Å². The van der Waals surface area contributed by atoms with Gasteiger partial charge in [0.25, 0.3) is 0 Å². The van der Waals surface area contributed by atoms with E-state index in [4.69, 9.17) is 10.7 Å². The molecule has 0 aliphatic heterocycles. The molecule has 2 amide bonds. The fraction of sp³-hybridized carbons (Fsp3) is 0.100. The van der Waals surface area contributed by atoms with Gasteiger partial charge in [0.15, 0.2) is 5.82 Å². The van der Waals surface area contributed by atoms with Crippen LogP contribution in [-0.4, -0.2) is 32.4 Å². The van der Waals surface area contributed by atoms with E-state index < -0.39 is 0 Å². The Labute approximate surface area is 167 Å². The normalized spacial score (nSPS) is 10.7. The van der Waals surface area contributed by atoms with Crippen molar-refractivity contribution in [1.29, 1.82) is 0 Å². The third-order valence-electron chi connectivity index (χ3n) is 4.26. The highest BCUT2D eigenvalue weighted by Crippen LogP contribution is 2.31. The van der Waals surface area contributed by atoms with E-state index in [-0.39, 0.29) is 6.03 Å². The van der Waals surface area contributed by atoms with Crippen molar-refractivity contribution in [1.82, 2.24) is 24.7 Å². The molecular formula is C20H20N8O. The lowest BCUT2D eigenvalue weighted by Gasteiger charge is -2.09. The minimum absolute atomic E-state index is 0.273. The zero-order valence-corrected chi connectivity index (χ0v) is 16.0. The summed E-state index contributed by atoms with van der Waals surface area (Å²) in [6.07, 6.45) is 1.92. The van der Waals surface area contributed by atoms with E-state index in [0.29, 0.717) is 28.8 Å². The van der Waals surface area contributed by atoms with Crippen molar-refractivity contribution in [3.63, 3.8) is 0 Å². The number of hydrogen-bond acceptors (Lipinski definition) is 6. The fourth-order valence-electron chi connectivity index (χ4n) is 3.01. The monoisotopic (exact) mass is 388 g/mol. The highest BCUT2D eigenvalue weighted by atomic mass is 16.2. The van der Waals surface area contributed by atoms with Crippen molar-refractivity contribution in [2.75, 3.05) is 23.4 Å². The van der Waals surface area contributed by atoms with Crippen LogP contribution in [0.25, 0.3) is 17.0 Å². The zero-order chi connectivity index (χ0) is 20.4. The first-order valence-electron chi connectivity index (χ1n) is 8.98. The van der Waals surface area contributed by atoms with Gasteiger partial charge in [-0.15, -0.1) is 0 Å². The van der Waals surface area contributed by atoms with Crippen LogP contribution in [-0.2, 0) is 0 Å². The van der Waals surface area contributed by atoms with Gasteiger partial charge in [0.1, 0.15) is 23.0 Å². The molecule has 0 saturated heterocycles. The number of imidazole rings is 1. The molecule has 0 saturated carbocycles. The van der Waals surface area contributed by atoms with Gasteiger partial charge in [0.2, 0.25) is 0 Å². The smallest absolute Gasteiger partial charge is 0.318 e. The number of nitrogens with two attached hydrogens (primary N) is 1. The first-order chi connectivity index (χ1) is 14.0. The standard InChI is InChI=1S/C20H20N8O/c1-12-23-15(11-16(21)24-12)18-19(27-17-5-3-4-10-28(17)18)25-13-6-8-14(9-7-13)26-20(29)22-2/h3-11,25H,1-2H3,(H2,21,23,24)(H2,22,26,29). The van der Waals surface area contributed by atoms with Crippen LogP contribution in [0.3, 0.4) is 0 Å². The second-order valence-corrected chi connectivity index (χ2v) is 6.37. The van der Waals surface area contributed by atoms with Crippen LogP contribution in [0.1, 0.15) is 5.82 Å². The molecule has 0 radical (unpaired) electrons. The highest BCUT2D eigenvalue weighted by molar-refractivity contribution is 5.89. The van der Waals surface area contributed by atoms with Crippen LogP contribution in [0.4, 0.5) is 27.8 Å². The molecule has 0 bridgehead atoms. The number of aromatic nitrogens is 4. The van der Waals surface area contributed by atoms with Crippen LogP contribution in [0, 0.1) is 6.92 Å². The van der Waals surface area contributed by atoms with Gasteiger partial charge >= 0.3 is 6.03 Å². The fourth-order valence-corrected chi connectivity index (χ4v) is 3.01. The largest absolute Gasteiger partial charge is 0.384 e. The number of nitrogens with zero attached hydrogens (tertiary/aromatic N) is 4. The molecule has 0 aliphatic carbocycles. The third-order valence-corrected chi connectivity index (χ3v) is 4.26. The van der Waals surface area contributed by atoms with E-state index in [9.17, 15) is 4.79 Å². The summed E-state index contributed by atoms with van der Waals surface area (Å²) in [6.45, 7) is 1.80. The molecule has 1 aromatic carbocycles. The van der Waals surface area contributed by atoms with Crippen LogP contribution in [0.5, 0.6) is 0 Å². The molecular weight excluding hydrogens is 368 g/mol. The Bertz CT molecular complexity index is 1160. The number of nitrogens with one attached hydrogen (secondary N) is 3. The minimum atomic E-state index is -0.273. The average molecular weight is 388 g/mol. The number of pyridine rings is 1. The van der Waals surface area contributed by atoms with E-state index >= 15 is 0 Å². The molecule has 0 fully saturated rings. The van der Waals surface area contributed by atoms with Gasteiger partial charge in [-0.3, -0.25) is 4.40 Å². The van der Waals surface area contributed by atoms with Crippen LogP contribution in [0.15, 0.2) is 54.7 Å². The number of carbonyl (C=O) groups excluding carboxylic acids is 1. The number of benzene rings is 1. The summed E-state index contributed by atoms with van der Waals surface area (Å²) in [7, 11) is 1.57. The summed E-state index contributed by atoms with van der Waals surface area (Å²) >= 11 is 0. The van der Waals surface area contributed by atoms with Gasteiger partial charge in [0.05, 0.1) is 5.69 Å². The predicted molar refractivity (Wildman–Crippen MR) is 113 cm³/mol. The third kappa shape index (κ3) is 3.79.